The van der Waals surface area contributed by atoms with Gasteiger partial charge in [-0.15, -0.1) is 0 Å². The van der Waals surface area contributed by atoms with Gasteiger partial charge in [-0.25, -0.2) is 0 Å². The molecule has 1 aromatic carbocycles. The van der Waals surface area contributed by atoms with Crippen LogP contribution in [0.1, 0.15) is 26.7 Å². The first-order chi connectivity index (χ1) is 7.72. The zero-order valence-electron chi connectivity index (χ0n) is 10.1. The Kier molecular flexibility index (Phi) is 5.72. The largest absolute Gasteiger partial charge is 0.491 e. The number of nitrogen functional groups attached to an aromatic ring is 1. The zero-order chi connectivity index (χ0) is 11.8. The lowest BCUT2D eigenvalue weighted by Gasteiger charge is -2.12. The summed E-state index contributed by atoms with van der Waals surface area (Å²) >= 11 is 0. The van der Waals surface area contributed by atoms with Gasteiger partial charge in [0, 0.05) is 11.8 Å². The Hall–Kier alpha value is -1.22. The molecule has 0 aliphatic carbocycles. The average Bonchev–Trinajstić information content (AvgIpc) is 2.25. The highest BCUT2D eigenvalue weighted by Crippen LogP contribution is 2.14. The molecule has 0 bridgehead atoms. The Bertz CT molecular complexity index is 302. The molecule has 3 nitrogen and oxygen atoms in total. The topological polar surface area (TPSA) is 44.5 Å². The lowest BCUT2D eigenvalue weighted by molar-refractivity contribution is 0.0395. The summed E-state index contributed by atoms with van der Waals surface area (Å²) in [6, 6.07) is 7.43. The monoisotopic (exact) mass is 223 g/mol. The van der Waals surface area contributed by atoms with Crippen molar-refractivity contribution in [2.75, 3.05) is 18.9 Å². The highest BCUT2D eigenvalue weighted by atomic mass is 16.5. The number of ether oxygens (including phenoxy) is 2. The third kappa shape index (κ3) is 5.03. The molecular formula is C13H21NO2. The Morgan fingerprint density at radius 1 is 1.31 bits per heavy atom. The van der Waals surface area contributed by atoms with Crippen molar-refractivity contribution >= 4 is 5.69 Å². The van der Waals surface area contributed by atoms with Crippen molar-refractivity contribution < 1.29 is 9.47 Å². The summed E-state index contributed by atoms with van der Waals surface area (Å²) in [5.74, 6) is 0.798. The van der Waals surface area contributed by atoms with Gasteiger partial charge in [-0.05, 0) is 25.5 Å². The van der Waals surface area contributed by atoms with Crippen LogP contribution >= 0.6 is 0 Å². The van der Waals surface area contributed by atoms with E-state index < -0.39 is 0 Å². The summed E-state index contributed by atoms with van der Waals surface area (Å²) in [6.45, 7) is 5.43. The van der Waals surface area contributed by atoms with Gasteiger partial charge in [0.05, 0.1) is 12.7 Å². The molecule has 0 aliphatic rings. The van der Waals surface area contributed by atoms with Crippen molar-refractivity contribution in [1.82, 2.24) is 0 Å². The minimum absolute atomic E-state index is 0.314. The Balaban J connectivity index is 2.16. The highest BCUT2D eigenvalue weighted by molar-refractivity contribution is 5.43. The van der Waals surface area contributed by atoms with E-state index in [1.54, 1.807) is 0 Å². The first-order valence-corrected chi connectivity index (χ1v) is 5.82. The molecule has 0 fully saturated rings. The van der Waals surface area contributed by atoms with E-state index in [1.807, 2.05) is 24.3 Å². The maximum atomic E-state index is 5.64. The van der Waals surface area contributed by atoms with Gasteiger partial charge in [0.15, 0.2) is 0 Å². The molecule has 0 heterocycles. The zero-order valence-corrected chi connectivity index (χ0v) is 10.1. The predicted molar refractivity (Wildman–Crippen MR) is 66.7 cm³/mol. The maximum absolute atomic E-state index is 5.64. The fraction of sp³-hybridized carbons (Fsp3) is 0.538. The summed E-state index contributed by atoms with van der Waals surface area (Å²) in [4.78, 5) is 0. The second-order valence-electron chi connectivity index (χ2n) is 3.89. The molecule has 16 heavy (non-hydrogen) atoms. The standard InChI is InChI=1S/C13H21NO2/c1-3-5-11(2)15-8-9-16-13-7-4-6-12(14)10-13/h4,6-7,10-11H,3,5,8-9,14H2,1-2H3. The molecule has 0 spiro atoms. The van der Waals surface area contributed by atoms with E-state index in [0.717, 1.165) is 24.3 Å². The summed E-state index contributed by atoms with van der Waals surface area (Å²) in [7, 11) is 0. The lowest BCUT2D eigenvalue weighted by Crippen LogP contribution is -2.14. The average molecular weight is 223 g/mol. The minimum atomic E-state index is 0.314. The van der Waals surface area contributed by atoms with Crippen LogP contribution in [0, 0.1) is 0 Å². The lowest BCUT2D eigenvalue weighted by atomic mass is 10.2. The minimum Gasteiger partial charge on any atom is -0.491 e. The van der Waals surface area contributed by atoms with E-state index in [2.05, 4.69) is 13.8 Å². The van der Waals surface area contributed by atoms with Crippen LogP contribution in [0.3, 0.4) is 0 Å². The fourth-order valence-corrected chi connectivity index (χ4v) is 1.50. The van der Waals surface area contributed by atoms with Crippen LogP contribution in [0.4, 0.5) is 5.69 Å². The second-order valence-corrected chi connectivity index (χ2v) is 3.89. The predicted octanol–water partition coefficient (Wildman–Crippen LogP) is 2.85. The van der Waals surface area contributed by atoms with Crippen molar-refractivity contribution in [1.29, 1.82) is 0 Å². The summed E-state index contributed by atoms with van der Waals surface area (Å²) in [5, 5.41) is 0. The Morgan fingerprint density at radius 2 is 2.12 bits per heavy atom. The van der Waals surface area contributed by atoms with Gasteiger partial charge in [-0.1, -0.05) is 19.4 Å². The molecule has 0 saturated carbocycles. The molecule has 0 aliphatic heterocycles. The van der Waals surface area contributed by atoms with Crippen LogP contribution in [0.2, 0.25) is 0 Å². The van der Waals surface area contributed by atoms with Gasteiger partial charge in [-0.2, -0.15) is 0 Å². The molecule has 0 aromatic heterocycles. The summed E-state index contributed by atoms with van der Waals surface area (Å²) in [5.41, 5.74) is 6.36. The first-order valence-electron chi connectivity index (χ1n) is 5.82. The number of anilines is 1. The quantitative estimate of drug-likeness (QED) is 0.571. The number of benzene rings is 1. The van der Waals surface area contributed by atoms with E-state index >= 15 is 0 Å². The Morgan fingerprint density at radius 3 is 2.81 bits per heavy atom. The molecule has 1 atom stereocenters. The fourth-order valence-electron chi connectivity index (χ4n) is 1.50. The van der Waals surface area contributed by atoms with Crippen molar-refractivity contribution in [3.63, 3.8) is 0 Å². The highest BCUT2D eigenvalue weighted by Gasteiger charge is 2.00. The van der Waals surface area contributed by atoms with Gasteiger partial charge in [-0.3, -0.25) is 0 Å². The van der Waals surface area contributed by atoms with Crippen LogP contribution < -0.4 is 10.5 Å². The molecule has 0 radical (unpaired) electrons. The van der Waals surface area contributed by atoms with Gasteiger partial charge < -0.3 is 15.2 Å². The van der Waals surface area contributed by atoms with Crippen LogP contribution in [0.25, 0.3) is 0 Å². The van der Waals surface area contributed by atoms with Crippen molar-refractivity contribution in [2.24, 2.45) is 0 Å². The van der Waals surface area contributed by atoms with Crippen molar-refractivity contribution in [3.05, 3.63) is 24.3 Å². The molecule has 2 N–H and O–H groups in total. The van der Waals surface area contributed by atoms with E-state index in [9.17, 15) is 0 Å². The van der Waals surface area contributed by atoms with Crippen LogP contribution in [-0.2, 0) is 4.74 Å². The van der Waals surface area contributed by atoms with E-state index in [-0.39, 0.29) is 0 Å². The SMILES string of the molecule is CCCC(C)OCCOc1cccc(N)c1. The third-order valence-corrected chi connectivity index (χ3v) is 2.31. The van der Waals surface area contributed by atoms with E-state index in [1.165, 1.54) is 0 Å². The second kappa shape index (κ2) is 7.12. The Labute approximate surface area is 97.6 Å². The smallest absolute Gasteiger partial charge is 0.121 e. The van der Waals surface area contributed by atoms with Crippen LogP contribution in [0.15, 0.2) is 24.3 Å². The number of hydrogen-bond acceptors (Lipinski definition) is 3. The molecule has 1 unspecified atom stereocenters. The van der Waals surface area contributed by atoms with Crippen LogP contribution in [-0.4, -0.2) is 19.3 Å². The molecule has 1 aromatic rings. The summed E-state index contributed by atoms with van der Waals surface area (Å²) < 4.78 is 11.1. The van der Waals surface area contributed by atoms with Crippen molar-refractivity contribution in [2.45, 2.75) is 32.8 Å². The molecule has 90 valence electrons. The van der Waals surface area contributed by atoms with Gasteiger partial charge in [0.1, 0.15) is 12.4 Å². The number of nitrogens with two attached hydrogens (primary N) is 1. The van der Waals surface area contributed by atoms with Crippen LogP contribution in [0.5, 0.6) is 5.75 Å². The molecule has 0 saturated heterocycles. The summed E-state index contributed by atoms with van der Waals surface area (Å²) in [6.07, 6.45) is 2.56. The van der Waals surface area contributed by atoms with Gasteiger partial charge in [0.2, 0.25) is 0 Å². The third-order valence-electron chi connectivity index (χ3n) is 2.31. The molecular weight excluding hydrogens is 202 g/mol. The molecule has 0 amide bonds. The first kappa shape index (κ1) is 12.8. The normalized spacial score (nSPS) is 12.4. The van der Waals surface area contributed by atoms with E-state index in [0.29, 0.717) is 19.3 Å². The van der Waals surface area contributed by atoms with Gasteiger partial charge in [0.25, 0.3) is 0 Å². The molecule has 3 heteroatoms. The number of rotatable bonds is 7. The van der Waals surface area contributed by atoms with Gasteiger partial charge >= 0.3 is 0 Å². The van der Waals surface area contributed by atoms with E-state index in [4.69, 9.17) is 15.2 Å². The maximum Gasteiger partial charge on any atom is 0.121 e. The molecule has 1 rings (SSSR count). The number of hydrogen-bond donors (Lipinski definition) is 1. The van der Waals surface area contributed by atoms with Crippen molar-refractivity contribution in [3.8, 4) is 5.75 Å².